The Morgan fingerprint density at radius 2 is 2.18 bits per heavy atom. The number of ether oxygens (including phenoxy) is 1. The van der Waals surface area contributed by atoms with Gasteiger partial charge in [-0.25, -0.2) is 8.42 Å². The van der Waals surface area contributed by atoms with Gasteiger partial charge in [-0.05, 0) is 18.1 Å². The molecule has 1 fully saturated rings. The SMILES string of the molecule is C#CCN(C(=O)C1Cc2ccccc2O1)C1CCS(=O)(=O)C1. The van der Waals surface area contributed by atoms with E-state index in [1.165, 1.54) is 4.90 Å². The van der Waals surface area contributed by atoms with Gasteiger partial charge in [-0.3, -0.25) is 4.79 Å². The van der Waals surface area contributed by atoms with Gasteiger partial charge in [0.2, 0.25) is 0 Å². The maximum atomic E-state index is 12.7. The third-order valence-electron chi connectivity index (χ3n) is 4.12. The molecule has 0 N–H and O–H groups in total. The third kappa shape index (κ3) is 2.81. The number of nitrogens with zero attached hydrogens (tertiary/aromatic N) is 1. The van der Waals surface area contributed by atoms with Gasteiger partial charge in [-0.2, -0.15) is 0 Å². The molecule has 2 heterocycles. The highest BCUT2D eigenvalue weighted by Gasteiger charge is 2.39. The van der Waals surface area contributed by atoms with Crippen molar-refractivity contribution in [1.29, 1.82) is 0 Å². The number of fused-ring (bicyclic) bond motifs is 1. The minimum atomic E-state index is -3.07. The largest absolute Gasteiger partial charge is 0.480 e. The Hall–Kier alpha value is -2.00. The minimum absolute atomic E-state index is 0.0138. The zero-order chi connectivity index (χ0) is 15.7. The molecule has 5 nitrogen and oxygen atoms in total. The van der Waals surface area contributed by atoms with Gasteiger partial charge >= 0.3 is 0 Å². The van der Waals surface area contributed by atoms with E-state index in [2.05, 4.69) is 5.92 Å². The molecule has 1 amide bonds. The zero-order valence-electron chi connectivity index (χ0n) is 12.1. The van der Waals surface area contributed by atoms with Crippen LogP contribution >= 0.6 is 0 Å². The molecule has 1 aromatic carbocycles. The predicted molar refractivity (Wildman–Crippen MR) is 82.2 cm³/mol. The molecule has 0 bridgehead atoms. The van der Waals surface area contributed by atoms with Crippen LogP contribution in [0.3, 0.4) is 0 Å². The summed E-state index contributed by atoms with van der Waals surface area (Å²) in [5.74, 6) is 3.03. The highest BCUT2D eigenvalue weighted by molar-refractivity contribution is 7.91. The van der Waals surface area contributed by atoms with Crippen LogP contribution in [0.2, 0.25) is 0 Å². The maximum Gasteiger partial charge on any atom is 0.265 e. The van der Waals surface area contributed by atoms with Crippen LogP contribution in [-0.4, -0.2) is 49.4 Å². The molecule has 0 aromatic heterocycles. The molecule has 3 rings (SSSR count). The third-order valence-corrected chi connectivity index (χ3v) is 5.87. The highest BCUT2D eigenvalue weighted by Crippen LogP contribution is 2.30. The molecule has 116 valence electrons. The summed E-state index contributed by atoms with van der Waals surface area (Å²) >= 11 is 0. The Morgan fingerprint density at radius 1 is 1.41 bits per heavy atom. The Kier molecular flexibility index (Phi) is 3.83. The lowest BCUT2D eigenvalue weighted by Crippen LogP contribution is -2.47. The van der Waals surface area contributed by atoms with Gasteiger partial charge in [-0.15, -0.1) is 6.42 Å². The summed E-state index contributed by atoms with van der Waals surface area (Å²) in [4.78, 5) is 14.2. The molecule has 0 spiro atoms. The van der Waals surface area contributed by atoms with Crippen molar-refractivity contribution in [3.05, 3.63) is 29.8 Å². The Balaban J connectivity index is 1.76. The number of para-hydroxylation sites is 1. The van der Waals surface area contributed by atoms with Gasteiger partial charge in [0, 0.05) is 12.5 Å². The summed E-state index contributed by atoms with van der Waals surface area (Å²) in [6, 6.07) is 7.16. The Bertz CT molecular complexity index is 710. The van der Waals surface area contributed by atoms with Gasteiger partial charge in [0.05, 0.1) is 18.1 Å². The number of hydrogen-bond donors (Lipinski definition) is 0. The second kappa shape index (κ2) is 5.65. The van der Waals surface area contributed by atoms with Crippen molar-refractivity contribution in [2.75, 3.05) is 18.1 Å². The standard InChI is InChI=1S/C16H17NO4S/c1-2-8-17(13-7-9-22(19,20)11-13)16(18)15-10-12-5-3-4-6-14(12)21-15/h1,3-6,13,15H,7-11H2. The van der Waals surface area contributed by atoms with Crippen LogP contribution in [0.1, 0.15) is 12.0 Å². The van der Waals surface area contributed by atoms with Crippen LogP contribution in [0.25, 0.3) is 0 Å². The molecule has 2 unspecified atom stereocenters. The molecule has 6 heteroatoms. The second-order valence-corrected chi connectivity index (χ2v) is 7.87. The molecule has 22 heavy (non-hydrogen) atoms. The molecule has 0 aliphatic carbocycles. The van der Waals surface area contributed by atoms with Crippen LogP contribution < -0.4 is 4.74 Å². The first-order chi connectivity index (χ1) is 10.5. The topological polar surface area (TPSA) is 63.7 Å². The van der Waals surface area contributed by atoms with E-state index in [9.17, 15) is 13.2 Å². The van der Waals surface area contributed by atoms with E-state index in [1.54, 1.807) is 0 Å². The van der Waals surface area contributed by atoms with Crippen molar-refractivity contribution in [1.82, 2.24) is 4.90 Å². The molecule has 0 radical (unpaired) electrons. The number of benzene rings is 1. The second-order valence-electron chi connectivity index (χ2n) is 5.65. The number of carbonyl (C=O) groups excluding carboxylic acids is 1. The number of sulfone groups is 1. The van der Waals surface area contributed by atoms with Crippen molar-refractivity contribution in [3.8, 4) is 18.1 Å². The highest BCUT2D eigenvalue weighted by atomic mass is 32.2. The zero-order valence-corrected chi connectivity index (χ0v) is 12.9. The van der Waals surface area contributed by atoms with E-state index in [-0.39, 0.29) is 30.0 Å². The number of carbonyl (C=O) groups is 1. The molecule has 1 aromatic rings. The first-order valence-corrected chi connectivity index (χ1v) is 9.01. The molecule has 2 aliphatic rings. The summed E-state index contributed by atoms with van der Waals surface area (Å²) in [5.41, 5.74) is 0.987. The van der Waals surface area contributed by atoms with Crippen molar-refractivity contribution < 1.29 is 17.9 Å². The van der Waals surface area contributed by atoms with Gasteiger partial charge in [0.15, 0.2) is 15.9 Å². The smallest absolute Gasteiger partial charge is 0.265 e. The van der Waals surface area contributed by atoms with E-state index < -0.39 is 15.9 Å². The van der Waals surface area contributed by atoms with Gasteiger partial charge in [-0.1, -0.05) is 24.1 Å². The fourth-order valence-electron chi connectivity index (χ4n) is 3.01. The lowest BCUT2D eigenvalue weighted by atomic mass is 10.1. The lowest BCUT2D eigenvalue weighted by Gasteiger charge is -2.28. The van der Waals surface area contributed by atoms with Gasteiger partial charge < -0.3 is 9.64 Å². The van der Waals surface area contributed by atoms with E-state index in [0.717, 1.165) is 5.56 Å². The molecule has 2 atom stereocenters. The molecule has 2 aliphatic heterocycles. The number of rotatable bonds is 3. The van der Waals surface area contributed by atoms with Crippen LogP contribution in [0.4, 0.5) is 0 Å². The number of terminal acetylenes is 1. The van der Waals surface area contributed by atoms with Crippen molar-refractivity contribution in [2.45, 2.75) is 25.0 Å². The first-order valence-electron chi connectivity index (χ1n) is 7.19. The monoisotopic (exact) mass is 319 g/mol. The molecular weight excluding hydrogens is 302 g/mol. The van der Waals surface area contributed by atoms with E-state index in [1.807, 2.05) is 24.3 Å². The summed E-state index contributed by atoms with van der Waals surface area (Å²) in [5, 5.41) is 0. The van der Waals surface area contributed by atoms with Crippen molar-refractivity contribution in [3.63, 3.8) is 0 Å². The van der Waals surface area contributed by atoms with Crippen LogP contribution in [-0.2, 0) is 21.1 Å². The fourth-order valence-corrected chi connectivity index (χ4v) is 4.74. The first kappa shape index (κ1) is 14.9. The molecule has 1 saturated heterocycles. The van der Waals surface area contributed by atoms with Gasteiger partial charge in [0.1, 0.15) is 5.75 Å². The van der Waals surface area contributed by atoms with E-state index in [0.29, 0.717) is 18.6 Å². The summed E-state index contributed by atoms with van der Waals surface area (Å²) in [6.45, 7) is 0.106. The molecule has 0 saturated carbocycles. The summed E-state index contributed by atoms with van der Waals surface area (Å²) < 4.78 is 29.0. The Morgan fingerprint density at radius 3 is 2.82 bits per heavy atom. The Labute approximate surface area is 130 Å². The fraction of sp³-hybridized carbons (Fsp3) is 0.438. The van der Waals surface area contributed by atoms with E-state index in [4.69, 9.17) is 11.2 Å². The van der Waals surface area contributed by atoms with Crippen molar-refractivity contribution in [2.24, 2.45) is 0 Å². The van der Waals surface area contributed by atoms with Crippen molar-refractivity contribution >= 4 is 15.7 Å². The van der Waals surface area contributed by atoms with Crippen LogP contribution in [0, 0.1) is 12.3 Å². The number of hydrogen-bond acceptors (Lipinski definition) is 4. The minimum Gasteiger partial charge on any atom is -0.480 e. The predicted octanol–water partition coefficient (Wildman–Crippen LogP) is 0.639. The average Bonchev–Trinajstić information content (AvgIpc) is 3.07. The molecular formula is C16H17NO4S. The summed E-state index contributed by atoms with van der Waals surface area (Å²) in [6.07, 6.45) is 5.67. The normalized spacial score (nSPS) is 25.0. The van der Waals surface area contributed by atoms with Crippen LogP contribution in [0.15, 0.2) is 24.3 Å². The van der Waals surface area contributed by atoms with Gasteiger partial charge in [0.25, 0.3) is 5.91 Å². The van der Waals surface area contributed by atoms with E-state index >= 15 is 0 Å². The summed E-state index contributed by atoms with van der Waals surface area (Å²) in [7, 11) is -3.07. The number of amides is 1. The lowest BCUT2D eigenvalue weighted by molar-refractivity contribution is -0.139. The maximum absolute atomic E-state index is 12.7. The quantitative estimate of drug-likeness (QED) is 0.767. The van der Waals surface area contributed by atoms with Crippen LogP contribution in [0.5, 0.6) is 5.75 Å². The average molecular weight is 319 g/mol.